The first-order valence-electron chi connectivity index (χ1n) is 6.94. The summed E-state index contributed by atoms with van der Waals surface area (Å²) in [6.07, 6.45) is 0.422. The number of hydrogen-bond acceptors (Lipinski definition) is 5. The molecule has 0 fully saturated rings. The van der Waals surface area contributed by atoms with Gasteiger partial charge in [-0.15, -0.1) is 0 Å². The maximum atomic E-state index is 11.2. The molecule has 0 aromatic heterocycles. The zero-order chi connectivity index (χ0) is 17.4. The maximum Gasteiger partial charge on any atom is 0.276 e. The first-order valence-corrected chi connectivity index (χ1v) is 7.35. The Morgan fingerprint density at radius 2 is 1.91 bits per heavy atom. The van der Waals surface area contributed by atoms with Crippen LogP contribution in [-0.4, -0.2) is 37.3 Å². The highest BCUT2D eigenvalue weighted by molar-refractivity contribution is 7.80. The van der Waals surface area contributed by atoms with Gasteiger partial charge >= 0.3 is 0 Å². The summed E-state index contributed by atoms with van der Waals surface area (Å²) in [6.45, 7) is 6.70. The van der Waals surface area contributed by atoms with Crippen molar-refractivity contribution in [2.75, 3.05) is 27.3 Å². The van der Waals surface area contributed by atoms with Crippen LogP contribution >= 0.6 is 12.2 Å². The third-order valence-corrected chi connectivity index (χ3v) is 3.30. The third-order valence-electron chi connectivity index (χ3n) is 3.01. The van der Waals surface area contributed by atoms with Crippen LogP contribution in [0.2, 0.25) is 0 Å². The van der Waals surface area contributed by atoms with E-state index in [0.29, 0.717) is 41.7 Å². The van der Waals surface area contributed by atoms with Gasteiger partial charge in [0.05, 0.1) is 25.2 Å². The van der Waals surface area contributed by atoms with Crippen LogP contribution in [0, 0.1) is 10.1 Å². The Labute approximate surface area is 140 Å². The van der Waals surface area contributed by atoms with Crippen LogP contribution in [0.3, 0.4) is 0 Å². The SMILES string of the molecule is C=C(C)CNC(=S)NCCc1cc(OC)c(OC)cc1[N+](=O)[O-]. The van der Waals surface area contributed by atoms with Gasteiger partial charge in [-0.25, -0.2) is 0 Å². The van der Waals surface area contributed by atoms with Crippen molar-refractivity contribution in [1.29, 1.82) is 0 Å². The average molecular weight is 339 g/mol. The zero-order valence-electron chi connectivity index (χ0n) is 13.5. The molecule has 0 spiro atoms. The first-order chi connectivity index (χ1) is 10.9. The summed E-state index contributed by atoms with van der Waals surface area (Å²) in [6, 6.07) is 2.98. The highest BCUT2D eigenvalue weighted by Gasteiger charge is 2.19. The monoisotopic (exact) mass is 339 g/mol. The van der Waals surface area contributed by atoms with E-state index >= 15 is 0 Å². The molecule has 0 atom stereocenters. The topological polar surface area (TPSA) is 85.7 Å². The number of hydrogen-bond donors (Lipinski definition) is 2. The molecule has 0 saturated heterocycles. The molecular weight excluding hydrogens is 318 g/mol. The van der Waals surface area contributed by atoms with Gasteiger partial charge in [-0.3, -0.25) is 10.1 Å². The number of methoxy groups -OCH3 is 2. The summed E-state index contributed by atoms with van der Waals surface area (Å²) in [5.41, 5.74) is 1.50. The van der Waals surface area contributed by atoms with Gasteiger partial charge in [0.2, 0.25) is 0 Å². The predicted octanol–water partition coefficient (Wildman–Crippen LogP) is 2.19. The van der Waals surface area contributed by atoms with Gasteiger partial charge in [-0.1, -0.05) is 12.2 Å². The molecule has 8 heteroatoms. The molecule has 0 heterocycles. The third kappa shape index (κ3) is 5.74. The van der Waals surface area contributed by atoms with Crippen LogP contribution in [0.15, 0.2) is 24.3 Å². The minimum absolute atomic E-state index is 0.00902. The summed E-state index contributed by atoms with van der Waals surface area (Å²) in [4.78, 5) is 10.8. The Hall–Kier alpha value is -2.35. The van der Waals surface area contributed by atoms with Crippen molar-refractivity contribution in [2.45, 2.75) is 13.3 Å². The van der Waals surface area contributed by atoms with Crippen LogP contribution in [0.5, 0.6) is 11.5 Å². The quantitative estimate of drug-likeness (QED) is 0.325. The Kier molecular flexibility index (Phi) is 7.27. The smallest absolute Gasteiger partial charge is 0.276 e. The van der Waals surface area contributed by atoms with Gasteiger partial charge < -0.3 is 20.1 Å². The number of ether oxygens (including phenoxy) is 2. The van der Waals surface area contributed by atoms with E-state index in [-0.39, 0.29) is 5.69 Å². The van der Waals surface area contributed by atoms with Crippen molar-refractivity contribution < 1.29 is 14.4 Å². The van der Waals surface area contributed by atoms with Crippen LogP contribution in [0.1, 0.15) is 12.5 Å². The van der Waals surface area contributed by atoms with Crippen molar-refractivity contribution in [1.82, 2.24) is 10.6 Å². The Morgan fingerprint density at radius 3 is 2.43 bits per heavy atom. The highest BCUT2D eigenvalue weighted by atomic mass is 32.1. The summed E-state index contributed by atoms with van der Waals surface area (Å²) < 4.78 is 10.3. The molecule has 0 bridgehead atoms. The number of nitrogens with one attached hydrogen (secondary N) is 2. The summed E-state index contributed by atoms with van der Waals surface area (Å²) in [7, 11) is 2.93. The second kappa shape index (κ2) is 8.94. The molecule has 1 aromatic rings. The molecule has 0 radical (unpaired) electrons. The van der Waals surface area contributed by atoms with Crippen LogP contribution < -0.4 is 20.1 Å². The van der Waals surface area contributed by atoms with Gasteiger partial charge in [-0.05, 0) is 31.6 Å². The number of benzene rings is 1. The summed E-state index contributed by atoms with van der Waals surface area (Å²) in [5.74, 6) is 0.783. The van der Waals surface area contributed by atoms with Gasteiger partial charge in [0, 0.05) is 18.7 Å². The number of rotatable bonds is 8. The Morgan fingerprint density at radius 1 is 1.30 bits per heavy atom. The van der Waals surface area contributed by atoms with Crippen LogP contribution in [0.4, 0.5) is 5.69 Å². The minimum atomic E-state index is -0.436. The molecule has 1 rings (SSSR count). The summed E-state index contributed by atoms with van der Waals surface area (Å²) >= 11 is 5.12. The lowest BCUT2D eigenvalue weighted by Gasteiger charge is -2.12. The van der Waals surface area contributed by atoms with Crippen LogP contribution in [-0.2, 0) is 6.42 Å². The fourth-order valence-electron chi connectivity index (χ4n) is 1.88. The number of nitro benzene ring substituents is 1. The standard InChI is InChI=1S/C15H21N3O4S/c1-10(2)9-17-15(23)16-6-5-11-7-13(21-3)14(22-4)8-12(11)18(19)20/h7-8H,1,5-6,9H2,2-4H3,(H2,16,17,23). The Balaban J connectivity index is 2.77. The highest BCUT2D eigenvalue weighted by Crippen LogP contribution is 2.34. The molecule has 2 N–H and O–H groups in total. The normalized spacial score (nSPS) is 9.87. The van der Waals surface area contributed by atoms with Crippen molar-refractivity contribution in [3.05, 3.63) is 40.0 Å². The van der Waals surface area contributed by atoms with E-state index in [2.05, 4.69) is 17.2 Å². The van der Waals surface area contributed by atoms with E-state index in [9.17, 15) is 10.1 Å². The predicted molar refractivity (Wildman–Crippen MR) is 93.3 cm³/mol. The van der Waals surface area contributed by atoms with Crippen LogP contribution in [0.25, 0.3) is 0 Å². The number of nitro groups is 1. The molecule has 23 heavy (non-hydrogen) atoms. The fourth-order valence-corrected chi connectivity index (χ4v) is 2.06. The fraction of sp³-hybridized carbons (Fsp3) is 0.400. The molecule has 0 aliphatic heterocycles. The maximum absolute atomic E-state index is 11.2. The second-order valence-corrected chi connectivity index (χ2v) is 5.32. The van der Waals surface area contributed by atoms with E-state index in [1.54, 1.807) is 6.07 Å². The second-order valence-electron chi connectivity index (χ2n) is 4.91. The lowest BCUT2D eigenvalue weighted by molar-refractivity contribution is -0.385. The van der Waals surface area contributed by atoms with Crippen molar-refractivity contribution >= 4 is 23.0 Å². The molecule has 0 aliphatic carbocycles. The molecular formula is C15H21N3O4S. The van der Waals surface area contributed by atoms with Gasteiger partial charge in [0.15, 0.2) is 16.6 Å². The molecule has 126 valence electrons. The number of nitrogens with zero attached hydrogens (tertiary/aromatic N) is 1. The average Bonchev–Trinajstić information content (AvgIpc) is 2.51. The number of thiocarbonyl (C=S) groups is 1. The van der Waals surface area contributed by atoms with E-state index < -0.39 is 4.92 Å². The molecule has 0 amide bonds. The lowest BCUT2D eigenvalue weighted by Crippen LogP contribution is -2.37. The lowest BCUT2D eigenvalue weighted by atomic mass is 10.1. The largest absolute Gasteiger partial charge is 0.493 e. The van der Waals surface area contributed by atoms with Crippen molar-refractivity contribution in [3.63, 3.8) is 0 Å². The Bertz CT molecular complexity index is 605. The summed E-state index contributed by atoms with van der Waals surface area (Å²) in [5, 5.41) is 17.7. The zero-order valence-corrected chi connectivity index (χ0v) is 14.3. The van der Waals surface area contributed by atoms with E-state index in [1.807, 2.05) is 6.92 Å². The molecule has 1 aromatic carbocycles. The van der Waals surface area contributed by atoms with E-state index in [4.69, 9.17) is 21.7 Å². The molecule has 0 unspecified atom stereocenters. The van der Waals surface area contributed by atoms with Gasteiger partial charge in [0.1, 0.15) is 0 Å². The van der Waals surface area contributed by atoms with Crippen molar-refractivity contribution in [2.24, 2.45) is 0 Å². The van der Waals surface area contributed by atoms with E-state index in [0.717, 1.165) is 5.57 Å². The van der Waals surface area contributed by atoms with Gasteiger partial charge in [0.25, 0.3) is 5.69 Å². The van der Waals surface area contributed by atoms with Gasteiger partial charge in [-0.2, -0.15) is 0 Å². The molecule has 0 aliphatic rings. The van der Waals surface area contributed by atoms with Crippen molar-refractivity contribution in [3.8, 4) is 11.5 Å². The molecule has 0 saturated carbocycles. The van der Waals surface area contributed by atoms with E-state index in [1.165, 1.54) is 20.3 Å². The first kappa shape index (κ1) is 18.7. The molecule has 7 nitrogen and oxygen atoms in total. The minimum Gasteiger partial charge on any atom is -0.493 e.